The Morgan fingerprint density at radius 2 is 1.65 bits per heavy atom. The predicted octanol–water partition coefficient (Wildman–Crippen LogP) is 4.61. The van der Waals surface area contributed by atoms with Crippen LogP contribution in [-0.2, 0) is 0 Å². The molecule has 0 aliphatic rings. The molecule has 20 heavy (non-hydrogen) atoms. The van der Waals surface area contributed by atoms with Crippen molar-refractivity contribution in [2.75, 3.05) is 7.11 Å². The summed E-state index contributed by atoms with van der Waals surface area (Å²) in [7, 11) is 1.63. The van der Waals surface area contributed by atoms with E-state index in [2.05, 4.69) is 10.2 Å². The molecule has 0 N–H and O–H groups in total. The van der Waals surface area contributed by atoms with Gasteiger partial charge in [0.15, 0.2) is 5.15 Å². The Hall–Kier alpha value is -1.84. The molecule has 0 fully saturated rings. The molecule has 1 heterocycles. The second kappa shape index (κ2) is 5.27. The molecule has 0 amide bonds. The van der Waals surface area contributed by atoms with Crippen LogP contribution in [0, 0.1) is 0 Å². The van der Waals surface area contributed by atoms with Gasteiger partial charge >= 0.3 is 0 Å². The average molecular weight is 305 g/mol. The normalized spacial score (nSPS) is 10.8. The molecule has 1 aromatic heterocycles. The molecule has 0 saturated heterocycles. The molecular formula is C15H10Cl2N2O. The zero-order valence-corrected chi connectivity index (χ0v) is 12.1. The monoisotopic (exact) mass is 304 g/mol. The first-order valence-electron chi connectivity index (χ1n) is 5.95. The lowest BCUT2D eigenvalue weighted by Crippen LogP contribution is -1.92. The number of methoxy groups -OCH3 is 1. The van der Waals surface area contributed by atoms with Gasteiger partial charge in [0, 0.05) is 21.4 Å². The largest absolute Gasteiger partial charge is 0.497 e. The van der Waals surface area contributed by atoms with Crippen LogP contribution in [0.5, 0.6) is 5.75 Å². The SMILES string of the molecule is COc1ccc(-c2nnc(Cl)c3cc(Cl)ccc23)cc1. The van der Waals surface area contributed by atoms with Gasteiger partial charge in [0.05, 0.1) is 7.11 Å². The number of rotatable bonds is 2. The zero-order chi connectivity index (χ0) is 14.1. The van der Waals surface area contributed by atoms with Crippen LogP contribution in [0.3, 0.4) is 0 Å². The summed E-state index contributed by atoms with van der Waals surface area (Å²) in [5, 5.41) is 10.9. The number of aromatic nitrogens is 2. The summed E-state index contributed by atoms with van der Waals surface area (Å²) in [6.45, 7) is 0. The fourth-order valence-corrected chi connectivity index (χ4v) is 2.42. The van der Waals surface area contributed by atoms with Crippen LogP contribution in [-0.4, -0.2) is 17.3 Å². The number of ether oxygens (including phenoxy) is 1. The van der Waals surface area contributed by atoms with Gasteiger partial charge in [-0.05, 0) is 36.4 Å². The number of halogens is 2. The lowest BCUT2D eigenvalue weighted by molar-refractivity contribution is 0.415. The summed E-state index contributed by atoms with van der Waals surface area (Å²) in [6, 6.07) is 13.1. The Kier molecular flexibility index (Phi) is 3.47. The molecule has 0 atom stereocenters. The van der Waals surface area contributed by atoms with E-state index in [9.17, 15) is 0 Å². The fraction of sp³-hybridized carbons (Fsp3) is 0.0667. The van der Waals surface area contributed by atoms with E-state index in [1.807, 2.05) is 36.4 Å². The van der Waals surface area contributed by atoms with E-state index in [4.69, 9.17) is 27.9 Å². The third kappa shape index (κ3) is 2.30. The first kappa shape index (κ1) is 13.2. The van der Waals surface area contributed by atoms with Crippen LogP contribution in [0.1, 0.15) is 0 Å². The summed E-state index contributed by atoms with van der Waals surface area (Å²) < 4.78 is 5.15. The molecule has 0 spiro atoms. The van der Waals surface area contributed by atoms with E-state index >= 15 is 0 Å². The van der Waals surface area contributed by atoms with Crippen LogP contribution < -0.4 is 4.74 Å². The first-order chi connectivity index (χ1) is 9.69. The van der Waals surface area contributed by atoms with Gasteiger partial charge in [-0.15, -0.1) is 10.2 Å². The van der Waals surface area contributed by atoms with Crippen LogP contribution >= 0.6 is 23.2 Å². The molecule has 0 saturated carbocycles. The van der Waals surface area contributed by atoms with Crippen molar-refractivity contribution in [3.63, 3.8) is 0 Å². The Labute approximate surface area is 126 Å². The van der Waals surface area contributed by atoms with Gasteiger partial charge in [0.25, 0.3) is 0 Å². The molecule has 3 aromatic rings. The molecule has 0 unspecified atom stereocenters. The lowest BCUT2D eigenvalue weighted by atomic mass is 10.1. The van der Waals surface area contributed by atoms with Crippen LogP contribution in [0.25, 0.3) is 22.0 Å². The minimum absolute atomic E-state index is 0.347. The van der Waals surface area contributed by atoms with E-state index in [0.29, 0.717) is 10.2 Å². The van der Waals surface area contributed by atoms with Crippen molar-refractivity contribution in [1.82, 2.24) is 10.2 Å². The van der Waals surface area contributed by atoms with Crippen LogP contribution in [0.4, 0.5) is 0 Å². The Balaban J connectivity index is 2.22. The highest BCUT2D eigenvalue weighted by atomic mass is 35.5. The number of hydrogen-bond acceptors (Lipinski definition) is 3. The smallest absolute Gasteiger partial charge is 0.159 e. The summed E-state index contributed by atoms with van der Waals surface area (Å²) >= 11 is 12.1. The Morgan fingerprint density at radius 3 is 2.35 bits per heavy atom. The van der Waals surface area contributed by atoms with Gasteiger partial charge in [-0.3, -0.25) is 0 Å². The molecule has 3 nitrogen and oxygen atoms in total. The minimum atomic E-state index is 0.347. The highest BCUT2D eigenvalue weighted by Crippen LogP contribution is 2.32. The van der Waals surface area contributed by atoms with Gasteiger partial charge in [0.2, 0.25) is 0 Å². The molecule has 0 radical (unpaired) electrons. The molecule has 0 bridgehead atoms. The summed E-state index contributed by atoms with van der Waals surface area (Å²) in [6.07, 6.45) is 0. The standard InChI is InChI=1S/C15H10Cl2N2O/c1-20-11-5-2-9(3-6-11)14-12-7-4-10(16)8-13(12)15(17)19-18-14/h2-8H,1H3. The maximum atomic E-state index is 6.08. The average Bonchev–Trinajstić information content (AvgIpc) is 2.48. The van der Waals surface area contributed by atoms with E-state index in [1.165, 1.54) is 0 Å². The molecule has 3 rings (SSSR count). The van der Waals surface area contributed by atoms with Crippen molar-refractivity contribution in [3.8, 4) is 17.0 Å². The predicted molar refractivity (Wildman–Crippen MR) is 81.5 cm³/mol. The highest BCUT2D eigenvalue weighted by molar-refractivity contribution is 6.36. The Morgan fingerprint density at radius 1 is 0.900 bits per heavy atom. The molecule has 5 heteroatoms. The van der Waals surface area contributed by atoms with Crippen molar-refractivity contribution >= 4 is 34.0 Å². The zero-order valence-electron chi connectivity index (χ0n) is 10.6. The molecule has 0 aliphatic heterocycles. The molecular weight excluding hydrogens is 295 g/mol. The topological polar surface area (TPSA) is 35.0 Å². The third-order valence-electron chi connectivity index (χ3n) is 3.06. The second-order valence-corrected chi connectivity index (χ2v) is 5.05. The van der Waals surface area contributed by atoms with Gasteiger partial charge in [-0.2, -0.15) is 0 Å². The lowest BCUT2D eigenvalue weighted by Gasteiger charge is -2.07. The maximum absolute atomic E-state index is 6.08. The van der Waals surface area contributed by atoms with E-state index in [1.54, 1.807) is 13.2 Å². The van der Waals surface area contributed by atoms with Gasteiger partial charge < -0.3 is 4.74 Å². The molecule has 100 valence electrons. The number of fused-ring (bicyclic) bond motifs is 1. The van der Waals surface area contributed by atoms with Gasteiger partial charge in [0.1, 0.15) is 11.4 Å². The summed E-state index contributed by atoms with van der Waals surface area (Å²) in [4.78, 5) is 0. The number of nitrogens with zero attached hydrogens (tertiary/aromatic N) is 2. The third-order valence-corrected chi connectivity index (χ3v) is 3.57. The fourth-order valence-electron chi connectivity index (χ4n) is 2.06. The number of hydrogen-bond donors (Lipinski definition) is 0. The van der Waals surface area contributed by atoms with E-state index in [-0.39, 0.29) is 0 Å². The van der Waals surface area contributed by atoms with E-state index in [0.717, 1.165) is 27.8 Å². The second-order valence-electron chi connectivity index (χ2n) is 4.26. The molecule has 2 aromatic carbocycles. The number of benzene rings is 2. The van der Waals surface area contributed by atoms with E-state index < -0.39 is 0 Å². The van der Waals surface area contributed by atoms with Crippen molar-refractivity contribution in [1.29, 1.82) is 0 Å². The molecule has 0 aliphatic carbocycles. The summed E-state index contributed by atoms with van der Waals surface area (Å²) in [5.41, 5.74) is 1.71. The van der Waals surface area contributed by atoms with Gasteiger partial charge in [-0.25, -0.2) is 0 Å². The quantitative estimate of drug-likeness (QED) is 0.693. The van der Waals surface area contributed by atoms with Crippen LogP contribution in [0.2, 0.25) is 10.2 Å². The first-order valence-corrected chi connectivity index (χ1v) is 6.70. The Bertz CT molecular complexity index is 773. The highest BCUT2D eigenvalue weighted by Gasteiger charge is 2.10. The van der Waals surface area contributed by atoms with Crippen molar-refractivity contribution < 1.29 is 4.74 Å². The van der Waals surface area contributed by atoms with Crippen LogP contribution in [0.15, 0.2) is 42.5 Å². The van der Waals surface area contributed by atoms with Crippen molar-refractivity contribution in [3.05, 3.63) is 52.6 Å². The summed E-state index contributed by atoms with van der Waals surface area (Å²) in [5.74, 6) is 0.794. The maximum Gasteiger partial charge on any atom is 0.159 e. The van der Waals surface area contributed by atoms with Crippen molar-refractivity contribution in [2.24, 2.45) is 0 Å². The van der Waals surface area contributed by atoms with Gasteiger partial charge in [-0.1, -0.05) is 29.3 Å². The van der Waals surface area contributed by atoms with Crippen molar-refractivity contribution in [2.45, 2.75) is 0 Å². The minimum Gasteiger partial charge on any atom is -0.497 e.